The van der Waals surface area contributed by atoms with Crippen LogP contribution in [0.1, 0.15) is 24.1 Å². The lowest BCUT2D eigenvalue weighted by molar-refractivity contribution is -0.137. The van der Waals surface area contributed by atoms with Gasteiger partial charge in [-0.15, -0.1) is 0 Å². The van der Waals surface area contributed by atoms with Crippen LogP contribution in [0.25, 0.3) is 0 Å². The summed E-state index contributed by atoms with van der Waals surface area (Å²) in [5.74, 6) is -0.292. The van der Waals surface area contributed by atoms with Gasteiger partial charge < -0.3 is 25.0 Å². The summed E-state index contributed by atoms with van der Waals surface area (Å²) in [5.41, 5.74) is 0.345. The number of morpholine rings is 1. The van der Waals surface area contributed by atoms with Crippen molar-refractivity contribution >= 4 is 23.5 Å². The van der Waals surface area contributed by atoms with Crippen LogP contribution in [-0.2, 0) is 22.2 Å². The van der Waals surface area contributed by atoms with Gasteiger partial charge in [0.2, 0.25) is 5.95 Å². The van der Waals surface area contributed by atoms with Crippen molar-refractivity contribution in [2.75, 3.05) is 69.7 Å². The van der Waals surface area contributed by atoms with E-state index in [4.69, 9.17) is 9.47 Å². The Balaban J connectivity index is 1.37. The molecule has 36 heavy (non-hydrogen) atoms. The second-order valence-corrected chi connectivity index (χ2v) is 8.66. The Morgan fingerprint density at radius 2 is 1.92 bits per heavy atom. The van der Waals surface area contributed by atoms with Crippen LogP contribution in [0.15, 0.2) is 12.4 Å². The summed E-state index contributed by atoms with van der Waals surface area (Å²) in [5, 5.41) is 10.2. The van der Waals surface area contributed by atoms with Gasteiger partial charge in [0.15, 0.2) is 0 Å². The standard InChI is InChI=1S/C22H31F3N8O3/c1-16-18(15-33(30-16)8-7-31-9-12-35-13-10-31)28-20-27-14-17(22(23,24)25)19(29-20)26-4-2-5-32-6-3-11-36-21(32)34/h14-15H,2-13H2,1H3,(H2,26,27,28,29). The summed E-state index contributed by atoms with van der Waals surface area (Å²) in [6.45, 7) is 8.05. The zero-order chi connectivity index (χ0) is 25.5. The van der Waals surface area contributed by atoms with E-state index >= 15 is 0 Å². The van der Waals surface area contributed by atoms with Crippen LogP contribution >= 0.6 is 0 Å². The molecule has 11 nitrogen and oxygen atoms in total. The molecule has 2 aliphatic heterocycles. The number of carbonyl (C=O) groups excluding carboxylic acids is 1. The molecule has 0 bridgehead atoms. The van der Waals surface area contributed by atoms with Crippen LogP contribution in [-0.4, -0.2) is 94.7 Å². The summed E-state index contributed by atoms with van der Waals surface area (Å²) >= 11 is 0. The average molecular weight is 513 g/mol. The van der Waals surface area contributed by atoms with E-state index in [1.165, 1.54) is 0 Å². The number of alkyl halides is 3. The van der Waals surface area contributed by atoms with E-state index in [0.29, 0.717) is 44.0 Å². The molecule has 0 spiro atoms. The van der Waals surface area contributed by atoms with Crippen molar-refractivity contribution in [2.45, 2.75) is 32.5 Å². The largest absolute Gasteiger partial charge is 0.449 e. The number of hydrogen-bond donors (Lipinski definition) is 2. The third kappa shape index (κ3) is 6.97. The molecule has 198 valence electrons. The maximum absolute atomic E-state index is 13.5. The van der Waals surface area contributed by atoms with Gasteiger partial charge >= 0.3 is 12.3 Å². The van der Waals surface area contributed by atoms with Crippen molar-refractivity contribution in [3.05, 3.63) is 23.7 Å². The monoisotopic (exact) mass is 512 g/mol. The highest BCUT2D eigenvalue weighted by atomic mass is 19.4. The first-order valence-corrected chi connectivity index (χ1v) is 12.0. The van der Waals surface area contributed by atoms with Crippen molar-refractivity contribution in [1.29, 1.82) is 0 Å². The molecule has 0 aromatic carbocycles. The molecule has 2 fully saturated rings. The van der Waals surface area contributed by atoms with Crippen molar-refractivity contribution in [3.63, 3.8) is 0 Å². The number of nitrogens with zero attached hydrogens (tertiary/aromatic N) is 6. The van der Waals surface area contributed by atoms with Crippen molar-refractivity contribution < 1.29 is 27.4 Å². The number of ether oxygens (including phenoxy) is 2. The van der Waals surface area contributed by atoms with Gasteiger partial charge in [0.25, 0.3) is 0 Å². The summed E-state index contributed by atoms with van der Waals surface area (Å²) in [4.78, 5) is 23.5. The van der Waals surface area contributed by atoms with Crippen LogP contribution in [0, 0.1) is 6.92 Å². The number of aromatic nitrogens is 4. The number of carbonyl (C=O) groups is 1. The van der Waals surface area contributed by atoms with Gasteiger partial charge in [-0.1, -0.05) is 0 Å². The Hall–Kier alpha value is -3.13. The molecule has 0 aliphatic carbocycles. The number of anilines is 3. The minimum atomic E-state index is -4.61. The molecule has 2 aliphatic rings. The topological polar surface area (TPSA) is 110 Å². The molecule has 1 amide bonds. The first kappa shape index (κ1) is 25.9. The van der Waals surface area contributed by atoms with Gasteiger partial charge in [-0.25, -0.2) is 9.78 Å². The fraction of sp³-hybridized carbons (Fsp3) is 0.636. The summed E-state index contributed by atoms with van der Waals surface area (Å²) in [6, 6.07) is 0. The predicted octanol–water partition coefficient (Wildman–Crippen LogP) is 2.72. The number of hydrogen-bond acceptors (Lipinski definition) is 9. The zero-order valence-corrected chi connectivity index (χ0v) is 20.2. The second kappa shape index (κ2) is 11.7. The summed E-state index contributed by atoms with van der Waals surface area (Å²) in [7, 11) is 0. The second-order valence-electron chi connectivity index (χ2n) is 8.66. The Morgan fingerprint density at radius 3 is 2.67 bits per heavy atom. The Morgan fingerprint density at radius 1 is 1.11 bits per heavy atom. The maximum Gasteiger partial charge on any atom is 0.421 e. The average Bonchev–Trinajstić information content (AvgIpc) is 3.20. The van der Waals surface area contributed by atoms with E-state index in [1.807, 2.05) is 6.92 Å². The van der Waals surface area contributed by atoms with Crippen LogP contribution in [0.5, 0.6) is 0 Å². The number of aryl methyl sites for hydroxylation is 1. The molecule has 0 saturated carbocycles. The Labute approximate surface area is 207 Å². The van der Waals surface area contributed by atoms with E-state index in [9.17, 15) is 18.0 Å². The number of rotatable bonds is 10. The van der Waals surface area contributed by atoms with Gasteiger partial charge in [-0.2, -0.15) is 23.3 Å². The Bertz CT molecular complexity index is 1030. The summed E-state index contributed by atoms with van der Waals surface area (Å²) in [6.07, 6.45) is -1.28. The minimum absolute atomic E-state index is 0.0286. The smallest absolute Gasteiger partial charge is 0.421 e. The van der Waals surface area contributed by atoms with E-state index in [-0.39, 0.29) is 18.3 Å². The molecule has 0 radical (unpaired) electrons. The molecule has 2 saturated heterocycles. The molecule has 4 heterocycles. The third-order valence-electron chi connectivity index (χ3n) is 5.99. The van der Waals surface area contributed by atoms with Crippen molar-refractivity contribution in [1.82, 2.24) is 29.5 Å². The van der Waals surface area contributed by atoms with E-state index < -0.39 is 17.8 Å². The molecule has 2 N–H and O–H groups in total. The van der Waals surface area contributed by atoms with Crippen molar-refractivity contribution in [3.8, 4) is 0 Å². The zero-order valence-electron chi connectivity index (χ0n) is 20.2. The van der Waals surface area contributed by atoms with Gasteiger partial charge in [-0.05, 0) is 19.8 Å². The molecule has 4 rings (SSSR count). The van der Waals surface area contributed by atoms with E-state index in [0.717, 1.165) is 45.5 Å². The van der Waals surface area contributed by atoms with Crippen LogP contribution in [0.2, 0.25) is 0 Å². The van der Waals surface area contributed by atoms with Gasteiger partial charge in [0, 0.05) is 51.7 Å². The van der Waals surface area contributed by atoms with Gasteiger partial charge in [0.1, 0.15) is 11.4 Å². The molecule has 0 atom stereocenters. The molecule has 0 unspecified atom stereocenters. The molecule has 2 aromatic rings. The number of halogens is 3. The van der Waals surface area contributed by atoms with Gasteiger partial charge in [0.05, 0.1) is 37.7 Å². The highest BCUT2D eigenvalue weighted by Gasteiger charge is 2.35. The quantitative estimate of drug-likeness (QED) is 0.465. The Kier molecular flexibility index (Phi) is 8.46. The number of cyclic esters (lactones) is 1. The molecule has 14 heteroatoms. The lowest BCUT2D eigenvalue weighted by Crippen LogP contribution is -2.38. The predicted molar refractivity (Wildman–Crippen MR) is 125 cm³/mol. The van der Waals surface area contributed by atoms with E-state index in [1.54, 1.807) is 15.8 Å². The fourth-order valence-electron chi connectivity index (χ4n) is 4.01. The highest BCUT2D eigenvalue weighted by Crippen LogP contribution is 2.34. The van der Waals surface area contributed by atoms with Crippen LogP contribution < -0.4 is 10.6 Å². The van der Waals surface area contributed by atoms with Crippen LogP contribution in [0.3, 0.4) is 0 Å². The lowest BCUT2D eigenvalue weighted by Gasteiger charge is -2.26. The fourth-order valence-corrected chi connectivity index (χ4v) is 4.01. The molecular formula is C22H31F3N8O3. The number of nitrogens with one attached hydrogen (secondary N) is 2. The lowest BCUT2D eigenvalue weighted by atomic mass is 10.3. The molecule has 2 aromatic heterocycles. The van der Waals surface area contributed by atoms with Crippen molar-refractivity contribution in [2.24, 2.45) is 0 Å². The maximum atomic E-state index is 13.5. The number of amides is 1. The normalized spacial score (nSPS) is 17.2. The molecular weight excluding hydrogens is 481 g/mol. The van der Waals surface area contributed by atoms with E-state index in [2.05, 4.69) is 30.6 Å². The minimum Gasteiger partial charge on any atom is -0.449 e. The SMILES string of the molecule is Cc1nn(CCN2CCOCC2)cc1Nc1ncc(C(F)(F)F)c(NCCCN2CCCOC2=O)n1. The van der Waals surface area contributed by atoms with Crippen LogP contribution in [0.4, 0.5) is 35.4 Å². The highest BCUT2D eigenvalue weighted by molar-refractivity contribution is 5.68. The van der Waals surface area contributed by atoms with Gasteiger partial charge in [-0.3, -0.25) is 9.58 Å². The third-order valence-corrected chi connectivity index (χ3v) is 5.99. The first-order chi connectivity index (χ1) is 17.3. The first-order valence-electron chi connectivity index (χ1n) is 12.0. The summed E-state index contributed by atoms with van der Waals surface area (Å²) < 4.78 is 52.7.